The minimum Gasteiger partial charge on any atom is -0.330 e. The Morgan fingerprint density at radius 3 is 3.09 bits per heavy atom. The van der Waals surface area contributed by atoms with Crippen molar-refractivity contribution in [2.24, 2.45) is 5.73 Å². The molecule has 1 aromatic rings. The molecule has 1 aromatic heterocycles. The van der Waals surface area contributed by atoms with Gasteiger partial charge in [-0.25, -0.2) is 9.37 Å². The molecule has 0 bridgehead atoms. The highest BCUT2D eigenvalue weighted by molar-refractivity contribution is 7.99. The minimum absolute atomic E-state index is 0.272. The fourth-order valence-corrected chi connectivity index (χ4v) is 1.29. The van der Waals surface area contributed by atoms with E-state index >= 15 is 0 Å². The van der Waals surface area contributed by atoms with Crippen molar-refractivity contribution in [1.29, 1.82) is 0 Å². The Morgan fingerprint density at radius 1 is 1.64 bits per heavy atom. The summed E-state index contributed by atoms with van der Waals surface area (Å²) < 4.78 is 12.8. The largest absolute Gasteiger partial charge is 0.330 e. The highest BCUT2D eigenvalue weighted by Gasteiger charge is 2.00. The van der Waals surface area contributed by atoms with Crippen LogP contribution in [0.1, 0.15) is 0 Å². The molecule has 1 rings (SSSR count). The maximum Gasteiger partial charge on any atom is 0.155 e. The smallest absolute Gasteiger partial charge is 0.155 e. The summed E-state index contributed by atoms with van der Waals surface area (Å²) in [5.74, 6) is 0.430. The Kier molecular flexibility index (Phi) is 3.32. The number of halogens is 1. The third-order valence-corrected chi connectivity index (χ3v) is 2.10. The first kappa shape index (κ1) is 8.49. The van der Waals surface area contributed by atoms with E-state index in [-0.39, 0.29) is 5.82 Å². The molecule has 0 radical (unpaired) electrons. The zero-order chi connectivity index (χ0) is 8.10. The fourth-order valence-electron chi connectivity index (χ4n) is 0.633. The van der Waals surface area contributed by atoms with Crippen molar-refractivity contribution in [1.82, 2.24) is 4.98 Å². The van der Waals surface area contributed by atoms with Gasteiger partial charge in [0.1, 0.15) is 5.03 Å². The van der Waals surface area contributed by atoms with Crippen molar-refractivity contribution in [3.8, 4) is 0 Å². The SMILES string of the molecule is NCCSc1ncccc1F. The molecular formula is C7H9FN2S. The third kappa shape index (κ3) is 2.48. The van der Waals surface area contributed by atoms with Crippen LogP contribution < -0.4 is 5.73 Å². The van der Waals surface area contributed by atoms with Crippen LogP contribution in [0.5, 0.6) is 0 Å². The van der Waals surface area contributed by atoms with E-state index in [0.29, 0.717) is 17.3 Å². The van der Waals surface area contributed by atoms with Crippen molar-refractivity contribution in [2.75, 3.05) is 12.3 Å². The molecule has 0 atom stereocenters. The zero-order valence-electron chi connectivity index (χ0n) is 5.96. The van der Waals surface area contributed by atoms with Gasteiger partial charge in [-0.3, -0.25) is 0 Å². The van der Waals surface area contributed by atoms with Gasteiger partial charge in [0.05, 0.1) is 0 Å². The Morgan fingerprint density at radius 2 is 2.45 bits per heavy atom. The summed E-state index contributed by atoms with van der Waals surface area (Å²) in [6.45, 7) is 0.542. The lowest BCUT2D eigenvalue weighted by atomic mass is 10.5. The molecule has 0 aliphatic rings. The molecule has 11 heavy (non-hydrogen) atoms. The predicted octanol–water partition coefficient (Wildman–Crippen LogP) is 1.27. The first-order valence-electron chi connectivity index (χ1n) is 3.28. The number of pyridine rings is 1. The van der Waals surface area contributed by atoms with E-state index in [9.17, 15) is 4.39 Å². The van der Waals surface area contributed by atoms with Crippen LogP contribution in [0.4, 0.5) is 4.39 Å². The molecule has 0 aliphatic carbocycles. The molecule has 0 amide bonds. The normalized spacial score (nSPS) is 10.0. The second-order valence-electron chi connectivity index (χ2n) is 1.93. The van der Waals surface area contributed by atoms with Crippen LogP contribution in [0.2, 0.25) is 0 Å². The van der Waals surface area contributed by atoms with Crippen LogP contribution in [-0.2, 0) is 0 Å². The molecule has 0 unspecified atom stereocenters. The summed E-state index contributed by atoms with van der Waals surface area (Å²) in [5, 5.41) is 0.429. The van der Waals surface area contributed by atoms with Crippen molar-refractivity contribution in [3.63, 3.8) is 0 Å². The van der Waals surface area contributed by atoms with Gasteiger partial charge in [0, 0.05) is 18.5 Å². The summed E-state index contributed by atoms with van der Waals surface area (Å²) in [4.78, 5) is 3.85. The van der Waals surface area contributed by atoms with Crippen LogP contribution in [0.25, 0.3) is 0 Å². The predicted molar refractivity (Wildman–Crippen MR) is 44.0 cm³/mol. The van der Waals surface area contributed by atoms with Crippen molar-refractivity contribution < 1.29 is 4.39 Å². The monoisotopic (exact) mass is 172 g/mol. The van der Waals surface area contributed by atoms with Gasteiger partial charge >= 0.3 is 0 Å². The number of thioether (sulfide) groups is 1. The molecule has 60 valence electrons. The van der Waals surface area contributed by atoms with Crippen molar-refractivity contribution >= 4 is 11.8 Å². The van der Waals surface area contributed by atoms with Gasteiger partial charge < -0.3 is 5.73 Å². The Bertz CT molecular complexity index is 229. The van der Waals surface area contributed by atoms with Gasteiger partial charge in [-0.1, -0.05) is 0 Å². The molecule has 0 spiro atoms. The van der Waals surface area contributed by atoms with Crippen molar-refractivity contribution in [2.45, 2.75) is 5.03 Å². The maximum absolute atomic E-state index is 12.8. The van der Waals surface area contributed by atoms with Crippen LogP contribution >= 0.6 is 11.8 Å². The average Bonchev–Trinajstić information content (AvgIpc) is 2.03. The minimum atomic E-state index is -0.272. The van der Waals surface area contributed by atoms with E-state index in [1.54, 1.807) is 12.3 Å². The fraction of sp³-hybridized carbons (Fsp3) is 0.286. The Labute approximate surface area is 69.0 Å². The first-order valence-corrected chi connectivity index (χ1v) is 4.26. The topological polar surface area (TPSA) is 38.9 Å². The second-order valence-corrected chi connectivity index (χ2v) is 3.01. The van der Waals surface area contributed by atoms with Gasteiger partial charge in [0.15, 0.2) is 5.82 Å². The standard InChI is InChI=1S/C7H9FN2S/c8-6-2-1-4-10-7(6)11-5-3-9/h1-2,4H,3,5,9H2. The summed E-state index contributed by atoms with van der Waals surface area (Å²) in [6, 6.07) is 2.97. The first-order chi connectivity index (χ1) is 5.34. The summed E-state index contributed by atoms with van der Waals surface area (Å²) in [6.07, 6.45) is 1.57. The second kappa shape index (κ2) is 4.31. The van der Waals surface area contributed by atoms with E-state index in [1.165, 1.54) is 17.8 Å². The lowest BCUT2D eigenvalue weighted by Crippen LogP contribution is -2.01. The summed E-state index contributed by atoms with van der Waals surface area (Å²) >= 11 is 1.34. The molecular weight excluding hydrogens is 163 g/mol. The van der Waals surface area contributed by atoms with Gasteiger partial charge in [-0.2, -0.15) is 0 Å². The molecule has 2 nitrogen and oxygen atoms in total. The average molecular weight is 172 g/mol. The Balaban J connectivity index is 2.62. The van der Waals surface area contributed by atoms with Crippen LogP contribution in [0.15, 0.2) is 23.4 Å². The molecule has 0 saturated carbocycles. The van der Waals surface area contributed by atoms with E-state index in [4.69, 9.17) is 5.73 Å². The van der Waals surface area contributed by atoms with E-state index in [0.717, 1.165) is 0 Å². The molecule has 4 heteroatoms. The van der Waals surface area contributed by atoms with E-state index in [2.05, 4.69) is 4.98 Å². The molecule has 0 saturated heterocycles. The quantitative estimate of drug-likeness (QED) is 0.698. The van der Waals surface area contributed by atoms with Crippen LogP contribution in [0, 0.1) is 5.82 Å². The van der Waals surface area contributed by atoms with Crippen molar-refractivity contribution in [3.05, 3.63) is 24.1 Å². The molecule has 0 aromatic carbocycles. The highest BCUT2D eigenvalue weighted by Crippen LogP contribution is 2.16. The van der Waals surface area contributed by atoms with Gasteiger partial charge in [-0.15, -0.1) is 11.8 Å². The number of hydrogen-bond acceptors (Lipinski definition) is 3. The summed E-state index contributed by atoms with van der Waals surface area (Å²) in [7, 11) is 0. The highest BCUT2D eigenvalue weighted by atomic mass is 32.2. The van der Waals surface area contributed by atoms with Gasteiger partial charge in [-0.05, 0) is 12.1 Å². The van der Waals surface area contributed by atoms with Gasteiger partial charge in [0.2, 0.25) is 0 Å². The number of rotatable bonds is 3. The molecule has 1 heterocycles. The number of nitrogens with two attached hydrogens (primary N) is 1. The lowest BCUT2D eigenvalue weighted by molar-refractivity contribution is 0.588. The number of hydrogen-bond donors (Lipinski definition) is 1. The van der Waals surface area contributed by atoms with E-state index in [1.807, 2.05) is 0 Å². The van der Waals surface area contributed by atoms with Crippen LogP contribution in [-0.4, -0.2) is 17.3 Å². The van der Waals surface area contributed by atoms with E-state index < -0.39 is 0 Å². The number of aromatic nitrogens is 1. The molecule has 0 fully saturated rings. The summed E-state index contributed by atoms with van der Waals surface area (Å²) in [5.41, 5.74) is 5.26. The Hall–Kier alpha value is -0.610. The molecule has 0 aliphatic heterocycles. The zero-order valence-corrected chi connectivity index (χ0v) is 6.77. The maximum atomic E-state index is 12.8. The third-order valence-electron chi connectivity index (χ3n) is 1.08. The van der Waals surface area contributed by atoms with Gasteiger partial charge in [0.25, 0.3) is 0 Å². The molecule has 2 N–H and O–H groups in total. The van der Waals surface area contributed by atoms with Crippen LogP contribution in [0.3, 0.4) is 0 Å². The lowest BCUT2D eigenvalue weighted by Gasteiger charge is -1.98. The number of nitrogens with zero attached hydrogens (tertiary/aromatic N) is 1.